The van der Waals surface area contributed by atoms with E-state index in [9.17, 15) is 19.7 Å². The van der Waals surface area contributed by atoms with Crippen molar-refractivity contribution < 1.29 is 14.5 Å². The number of rotatable bonds is 4. The Morgan fingerprint density at radius 3 is 2.64 bits per heavy atom. The Labute approximate surface area is 141 Å². The van der Waals surface area contributed by atoms with Crippen LogP contribution in [-0.4, -0.2) is 20.9 Å². The number of esters is 1. The number of aromatic nitrogens is 2. The van der Waals surface area contributed by atoms with Crippen LogP contribution < -0.4 is 5.56 Å². The number of hydrogen-bond acceptors (Lipinski definition) is 6. The van der Waals surface area contributed by atoms with Gasteiger partial charge in [-0.25, -0.2) is 9.78 Å². The van der Waals surface area contributed by atoms with Crippen molar-refractivity contribution in [3.8, 4) is 0 Å². The minimum Gasteiger partial charge on any atom is -0.451 e. The molecule has 1 heterocycles. The number of nitrogens with zero attached hydrogens (tertiary/aromatic N) is 2. The fourth-order valence-corrected chi connectivity index (χ4v) is 2.38. The average Bonchev–Trinajstić information content (AvgIpc) is 2.61. The lowest BCUT2D eigenvalue weighted by molar-refractivity contribution is -0.385. The summed E-state index contributed by atoms with van der Waals surface area (Å²) in [4.78, 5) is 41.5. The lowest BCUT2D eigenvalue weighted by atomic mass is 10.2. The van der Waals surface area contributed by atoms with Gasteiger partial charge in [-0.1, -0.05) is 24.3 Å². The predicted molar refractivity (Wildman–Crippen MR) is 89.3 cm³/mol. The highest BCUT2D eigenvalue weighted by atomic mass is 16.6. The highest BCUT2D eigenvalue weighted by Crippen LogP contribution is 2.22. The van der Waals surface area contributed by atoms with Crippen LogP contribution in [0.15, 0.2) is 53.3 Å². The van der Waals surface area contributed by atoms with Crippen LogP contribution in [0, 0.1) is 10.1 Å². The van der Waals surface area contributed by atoms with Crippen molar-refractivity contribution in [2.24, 2.45) is 0 Å². The van der Waals surface area contributed by atoms with Crippen molar-refractivity contribution in [2.45, 2.75) is 13.0 Å². The summed E-state index contributed by atoms with van der Waals surface area (Å²) >= 11 is 0. The van der Waals surface area contributed by atoms with Gasteiger partial charge in [0.2, 0.25) is 0 Å². The molecule has 3 aromatic rings. The summed E-state index contributed by atoms with van der Waals surface area (Å²) < 4.78 is 5.24. The van der Waals surface area contributed by atoms with E-state index in [1.54, 1.807) is 24.3 Å². The van der Waals surface area contributed by atoms with E-state index in [1.165, 1.54) is 31.2 Å². The molecule has 0 aliphatic heterocycles. The zero-order chi connectivity index (χ0) is 18.0. The molecule has 25 heavy (non-hydrogen) atoms. The quantitative estimate of drug-likeness (QED) is 0.444. The number of nitrogens with one attached hydrogen (secondary N) is 1. The van der Waals surface area contributed by atoms with Crippen LogP contribution in [-0.2, 0) is 4.74 Å². The summed E-state index contributed by atoms with van der Waals surface area (Å²) in [5.74, 6) is -0.703. The van der Waals surface area contributed by atoms with Crippen molar-refractivity contribution in [3.05, 3.63) is 80.4 Å². The molecule has 0 saturated heterocycles. The molecule has 1 unspecified atom stereocenters. The van der Waals surface area contributed by atoms with E-state index in [0.29, 0.717) is 10.9 Å². The second kappa shape index (κ2) is 6.52. The van der Waals surface area contributed by atoms with Crippen LogP contribution in [0.3, 0.4) is 0 Å². The third-order valence-electron chi connectivity index (χ3n) is 3.62. The van der Waals surface area contributed by atoms with E-state index in [1.807, 2.05) is 0 Å². The molecule has 0 fully saturated rings. The number of nitro groups is 1. The maximum Gasteiger partial charge on any atom is 0.345 e. The number of carbonyl (C=O) groups excluding carboxylic acids is 1. The molecule has 1 N–H and O–H groups in total. The van der Waals surface area contributed by atoms with Gasteiger partial charge in [0.05, 0.1) is 15.8 Å². The Morgan fingerprint density at radius 1 is 1.20 bits per heavy atom. The zero-order valence-electron chi connectivity index (χ0n) is 13.1. The molecule has 126 valence electrons. The smallest absolute Gasteiger partial charge is 0.345 e. The van der Waals surface area contributed by atoms with Gasteiger partial charge in [0, 0.05) is 6.07 Å². The van der Waals surface area contributed by atoms with E-state index in [0.717, 1.165) is 0 Å². The van der Waals surface area contributed by atoms with Gasteiger partial charge < -0.3 is 9.72 Å². The Balaban J connectivity index is 1.90. The number of aromatic amines is 1. The molecule has 0 spiro atoms. The first-order valence-corrected chi connectivity index (χ1v) is 7.40. The zero-order valence-corrected chi connectivity index (χ0v) is 13.1. The standard InChI is InChI=1S/C17H13N3O5/c1-10(15-18-13-8-4-2-6-11(13)16(21)19-15)25-17(22)12-7-3-5-9-14(12)20(23)24/h2-10H,1H3,(H,18,19,21). The monoisotopic (exact) mass is 339 g/mol. The Morgan fingerprint density at radius 2 is 1.88 bits per heavy atom. The Kier molecular flexibility index (Phi) is 4.25. The summed E-state index contributed by atoms with van der Waals surface area (Å²) in [5.41, 5.74) is -0.397. The van der Waals surface area contributed by atoms with Crippen LogP contribution in [0.2, 0.25) is 0 Å². The van der Waals surface area contributed by atoms with E-state index in [2.05, 4.69) is 9.97 Å². The fraction of sp³-hybridized carbons (Fsp3) is 0.118. The molecule has 8 heteroatoms. The second-order valence-electron chi connectivity index (χ2n) is 5.29. The highest BCUT2D eigenvalue weighted by Gasteiger charge is 2.23. The minimum absolute atomic E-state index is 0.163. The summed E-state index contributed by atoms with van der Waals surface area (Å²) in [7, 11) is 0. The van der Waals surface area contributed by atoms with Crippen LogP contribution in [0.5, 0.6) is 0 Å². The molecule has 3 rings (SSSR count). The number of ether oxygens (including phenoxy) is 1. The van der Waals surface area contributed by atoms with Crippen molar-refractivity contribution in [2.75, 3.05) is 0 Å². The molecule has 2 aromatic carbocycles. The SMILES string of the molecule is CC(OC(=O)c1ccccc1[N+](=O)[O-])c1nc2ccccc2c(=O)[nH]1. The number of benzene rings is 2. The van der Waals surface area contributed by atoms with E-state index >= 15 is 0 Å². The number of nitro benzene ring substituents is 1. The van der Waals surface area contributed by atoms with Crippen LogP contribution in [0.25, 0.3) is 10.9 Å². The van der Waals surface area contributed by atoms with Gasteiger partial charge in [0.1, 0.15) is 5.56 Å². The molecule has 1 aromatic heterocycles. The van der Waals surface area contributed by atoms with Gasteiger partial charge in [-0.05, 0) is 25.1 Å². The number of hydrogen-bond donors (Lipinski definition) is 1. The lowest BCUT2D eigenvalue weighted by Gasteiger charge is -2.13. The van der Waals surface area contributed by atoms with Crippen molar-refractivity contribution >= 4 is 22.6 Å². The molecule has 0 bridgehead atoms. The first kappa shape index (κ1) is 16.3. The fourth-order valence-electron chi connectivity index (χ4n) is 2.38. The number of H-pyrrole nitrogens is 1. The van der Waals surface area contributed by atoms with E-state index in [-0.39, 0.29) is 22.6 Å². The summed E-state index contributed by atoms with van der Waals surface area (Å²) in [6.45, 7) is 1.53. The van der Waals surface area contributed by atoms with Crippen LogP contribution >= 0.6 is 0 Å². The minimum atomic E-state index is -0.885. The van der Waals surface area contributed by atoms with Crippen molar-refractivity contribution in [1.82, 2.24) is 9.97 Å². The number of carbonyl (C=O) groups is 1. The molecule has 8 nitrogen and oxygen atoms in total. The highest BCUT2D eigenvalue weighted by molar-refractivity contribution is 5.94. The van der Waals surface area contributed by atoms with Crippen molar-refractivity contribution in [3.63, 3.8) is 0 Å². The van der Waals surface area contributed by atoms with Gasteiger partial charge in [-0.15, -0.1) is 0 Å². The largest absolute Gasteiger partial charge is 0.451 e. The maximum absolute atomic E-state index is 12.3. The van der Waals surface area contributed by atoms with Gasteiger partial charge in [0.15, 0.2) is 11.9 Å². The summed E-state index contributed by atoms with van der Waals surface area (Å²) in [6.07, 6.45) is -0.885. The van der Waals surface area contributed by atoms with Crippen LogP contribution in [0.4, 0.5) is 5.69 Å². The van der Waals surface area contributed by atoms with Gasteiger partial charge >= 0.3 is 5.97 Å². The number of para-hydroxylation sites is 2. The first-order valence-electron chi connectivity index (χ1n) is 7.40. The molecule has 0 aliphatic carbocycles. The molecule has 0 aliphatic rings. The predicted octanol–water partition coefficient (Wildman–Crippen LogP) is 2.75. The second-order valence-corrected chi connectivity index (χ2v) is 5.29. The Bertz CT molecular complexity index is 1030. The van der Waals surface area contributed by atoms with Crippen LogP contribution in [0.1, 0.15) is 29.2 Å². The van der Waals surface area contributed by atoms with Crippen molar-refractivity contribution in [1.29, 1.82) is 0 Å². The summed E-state index contributed by atoms with van der Waals surface area (Å²) in [5, 5.41) is 11.4. The molecule has 0 amide bonds. The Hall–Kier alpha value is -3.55. The molecular formula is C17H13N3O5. The normalized spacial score (nSPS) is 11.9. The van der Waals surface area contributed by atoms with E-state index in [4.69, 9.17) is 4.74 Å². The molecule has 1 atom stereocenters. The molecule has 0 saturated carbocycles. The summed E-state index contributed by atoms with van der Waals surface area (Å²) in [6, 6.07) is 12.3. The van der Waals surface area contributed by atoms with Gasteiger partial charge in [-0.3, -0.25) is 14.9 Å². The third kappa shape index (κ3) is 3.23. The topological polar surface area (TPSA) is 115 Å². The number of fused-ring (bicyclic) bond motifs is 1. The average molecular weight is 339 g/mol. The van der Waals surface area contributed by atoms with Gasteiger partial charge in [-0.2, -0.15) is 0 Å². The third-order valence-corrected chi connectivity index (χ3v) is 3.62. The maximum atomic E-state index is 12.3. The molecular weight excluding hydrogens is 326 g/mol. The van der Waals surface area contributed by atoms with E-state index < -0.39 is 17.0 Å². The molecule has 0 radical (unpaired) electrons. The van der Waals surface area contributed by atoms with Gasteiger partial charge in [0.25, 0.3) is 11.2 Å². The lowest BCUT2D eigenvalue weighted by Crippen LogP contribution is -2.18. The first-order chi connectivity index (χ1) is 12.0.